The van der Waals surface area contributed by atoms with Crippen LogP contribution in [0.1, 0.15) is 11.1 Å². The highest BCUT2D eigenvalue weighted by Crippen LogP contribution is 2.47. The summed E-state index contributed by atoms with van der Waals surface area (Å²) >= 11 is 0. The van der Waals surface area contributed by atoms with Gasteiger partial charge >= 0.3 is 0 Å². The SMILES string of the molecule is Cc1ccc(N(c2ccc3c(c2)oc2cc4c(cc23)oc2cc3c(cc24)oc2cc(N(c4ccc(C)c(F)c4)c4ccc5c(c4)oc4ccc6ccccc6c45)ccc23)c2ccc3c(c2)oc2ccc4ccccc4c23)cc1F. The van der Waals surface area contributed by atoms with E-state index in [9.17, 15) is 0 Å². The molecule has 374 valence electrons. The molecule has 79 heavy (non-hydrogen) atoms. The van der Waals surface area contributed by atoms with Gasteiger partial charge in [0.2, 0.25) is 0 Å². The minimum Gasteiger partial charge on any atom is -0.456 e. The number of anilines is 6. The Morgan fingerprint density at radius 1 is 0.253 bits per heavy atom. The van der Waals surface area contributed by atoms with E-state index in [1.54, 1.807) is 38.1 Å². The molecule has 0 aliphatic rings. The molecule has 0 unspecified atom stereocenters. The molecule has 0 aliphatic carbocycles. The number of benzene rings is 12. The third-order valence-corrected chi connectivity index (χ3v) is 16.2. The predicted octanol–water partition coefficient (Wildman–Crippen LogP) is 21.3. The van der Waals surface area contributed by atoms with Gasteiger partial charge in [0.15, 0.2) is 0 Å². The van der Waals surface area contributed by atoms with Crippen LogP contribution in [0, 0.1) is 25.5 Å². The minimum atomic E-state index is -0.298. The monoisotopic (exact) mass is 1030 g/mol. The summed E-state index contributed by atoms with van der Waals surface area (Å²) in [7, 11) is 0. The number of hydrogen-bond acceptors (Lipinski definition) is 7. The molecular formula is C70H40F2N2O5. The van der Waals surface area contributed by atoms with Crippen LogP contribution in [-0.4, -0.2) is 0 Å². The van der Waals surface area contributed by atoms with E-state index >= 15 is 8.78 Å². The zero-order chi connectivity index (χ0) is 52.4. The average molecular weight is 1030 g/mol. The van der Waals surface area contributed by atoms with Crippen LogP contribution >= 0.6 is 0 Å². The Morgan fingerprint density at radius 2 is 0.557 bits per heavy atom. The van der Waals surface area contributed by atoms with Gasteiger partial charge in [0.25, 0.3) is 0 Å². The highest BCUT2D eigenvalue weighted by atomic mass is 19.1. The Balaban J connectivity index is 0.760. The van der Waals surface area contributed by atoms with Crippen LogP contribution in [0.4, 0.5) is 42.9 Å². The van der Waals surface area contributed by atoms with Gasteiger partial charge in [0.1, 0.15) is 67.5 Å². The van der Waals surface area contributed by atoms with Gasteiger partial charge in [-0.15, -0.1) is 0 Å². The molecule has 7 nitrogen and oxygen atoms in total. The molecule has 0 spiro atoms. The lowest BCUT2D eigenvalue weighted by Crippen LogP contribution is -2.10. The fraction of sp³-hybridized carbons (Fsp3) is 0.0286. The first-order chi connectivity index (χ1) is 38.7. The first kappa shape index (κ1) is 43.8. The lowest BCUT2D eigenvalue weighted by Gasteiger charge is -2.25. The van der Waals surface area contributed by atoms with Gasteiger partial charge in [0, 0.05) is 112 Å². The molecule has 0 fully saturated rings. The Hall–Kier alpha value is -10.4. The maximum absolute atomic E-state index is 15.5. The molecule has 5 heterocycles. The number of halogens is 2. The zero-order valence-corrected chi connectivity index (χ0v) is 42.3. The van der Waals surface area contributed by atoms with Crippen molar-refractivity contribution >= 4 is 165 Å². The van der Waals surface area contributed by atoms with Crippen molar-refractivity contribution in [2.24, 2.45) is 0 Å². The van der Waals surface area contributed by atoms with E-state index in [0.29, 0.717) is 56.0 Å². The van der Waals surface area contributed by atoms with Crippen LogP contribution < -0.4 is 9.80 Å². The third-order valence-electron chi connectivity index (χ3n) is 16.2. The van der Waals surface area contributed by atoms with Gasteiger partial charge in [0.05, 0.1) is 0 Å². The van der Waals surface area contributed by atoms with Crippen LogP contribution in [0.25, 0.3) is 131 Å². The molecule has 0 radical (unpaired) electrons. The molecule has 17 rings (SSSR count). The predicted molar refractivity (Wildman–Crippen MR) is 317 cm³/mol. The summed E-state index contributed by atoms with van der Waals surface area (Å²) in [5.74, 6) is -0.596. The normalized spacial score (nSPS) is 12.3. The van der Waals surface area contributed by atoms with Crippen molar-refractivity contribution in [3.63, 3.8) is 0 Å². The molecule has 0 saturated heterocycles. The number of furan rings is 5. The molecule has 0 amide bonds. The molecule has 17 aromatic rings. The number of nitrogens with zero attached hydrogens (tertiary/aromatic N) is 2. The molecule has 0 bridgehead atoms. The molecule has 12 aromatic carbocycles. The smallest absolute Gasteiger partial charge is 0.137 e. The summed E-state index contributed by atoms with van der Waals surface area (Å²) in [6.07, 6.45) is 0. The first-order valence-electron chi connectivity index (χ1n) is 26.2. The quantitative estimate of drug-likeness (QED) is 0.164. The lowest BCUT2D eigenvalue weighted by molar-refractivity contribution is 0.618. The molecule has 0 atom stereocenters. The van der Waals surface area contributed by atoms with Crippen molar-refractivity contribution < 1.29 is 30.9 Å². The van der Waals surface area contributed by atoms with Gasteiger partial charge in [-0.1, -0.05) is 72.8 Å². The largest absolute Gasteiger partial charge is 0.456 e. The van der Waals surface area contributed by atoms with E-state index in [0.717, 1.165) is 120 Å². The van der Waals surface area contributed by atoms with E-state index in [1.807, 2.05) is 119 Å². The minimum absolute atomic E-state index is 0.298. The van der Waals surface area contributed by atoms with Gasteiger partial charge in [-0.2, -0.15) is 0 Å². The van der Waals surface area contributed by atoms with Crippen LogP contribution in [-0.2, 0) is 0 Å². The van der Waals surface area contributed by atoms with E-state index in [4.69, 9.17) is 22.1 Å². The van der Waals surface area contributed by atoms with Gasteiger partial charge in [-0.25, -0.2) is 8.78 Å². The Kier molecular flexibility index (Phi) is 8.92. The molecule has 9 heteroatoms. The van der Waals surface area contributed by atoms with Crippen molar-refractivity contribution in [2.75, 3.05) is 9.80 Å². The summed E-state index contributed by atoms with van der Waals surface area (Å²) in [6, 6.07) is 68.2. The van der Waals surface area contributed by atoms with Crippen molar-refractivity contribution in [3.8, 4) is 0 Å². The van der Waals surface area contributed by atoms with E-state index in [-0.39, 0.29) is 11.6 Å². The first-order valence-corrected chi connectivity index (χ1v) is 26.2. The molecule has 0 N–H and O–H groups in total. The van der Waals surface area contributed by atoms with Gasteiger partial charge in [-0.3, -0.25) is 0 Å². The summed E-state index contributed by atoms with van der Waals surface area (Å²) < 4.78 is 64.0. The highest BCUT2D eigenvalue weighted by molar-refractivity contribution is 6.22. The maximum Gasteiger partial charge on any atom is 0.137 e. The van der Waals surface area contributed by atoms with Crippen molar-refractivity contribution in [2.45, 2.75) is 13.8 Å². The van der Waals surface area contributed by atoms with E-state index in [1.165, 1.54) is 0 Å². The topological polar surface area (TPSA) is 72.2 Å². The second-order valence-corrected chi connectivity index (χ2v) is 20.8. The van der Waals surface area contributed by atoms with Crippen molar-refractivity contribution in [1.82, 2.24) is 0 Å². The van der Waals surface area contributed by atoms with Crippen molar-refractivity contribution in [3.05, 3.63) is 229 Å². The fourth-order valence-electron chi connectivity index (χ4n) is 12.3. The second kappa shape index (κ2) is 16.1. The zero-order valence-electron chi connectivity index (χ0n) is 42.3. The van der Waals surface area contributed by atoms with Crippen LogP contribution in [0.2, 0.25) is 0 Å². The van der Waals surface area contributed by atoms with Crippen LogP contribution in [0.15, 0.2) is 228 Å². The Bertz CT molecular complexity index is 5150. The maximum atomic E-state index is 15.5. The van der Waals surface area contributed by atoms with Crippen LogP contribution in [0.3, 0.4) is 0 Å². The van der Waals surface area contributed by atoms with Gasteiger partial charge < -0.3 is 31.9 Å². The molecule has 0 aliphatic heterocycles. The van der Waals surface area contributed by atoms with Crippen LogP contribution in [0.5, 0.6) is 0 Å². The molecule has 5 aromatic heterocycles. The number of rotatable bonds is 6. The Labute approximate surface area is 446 Å². The summed E-state index contributed by atoms with van der Waals surface area (Å²) in [4.78, 5) is 4.06. The Morgan fingerprint density at radius 3 is 0.949 bits per heavy atom. The number of hydrogen-bond donors (Lipinski definition) is 0. The average Bonchev–Trinajstić information content (AvgIpc) is 4.50. The third kappa shape index (κ3) is 6.50. The lowest BCUT2D eigenvalue weighted by atomic mass is 10.0. The van der Waals surface area contributed by atoms with E-state index < -0.39 is 0 Å². The molecular weight excluding hydrogens is 987 g/mol. The summed E-state index contributed by atoms with van der Waals surface area (Å²) in [6.45, 7) is 3.53. The van der Waals surface area contributed by atoms with Gasteiger partial charge in [-0.05, 0) is 156 Å². The van der Waals surface area contributed by atoms with E-state index in [2.05, 4.69) is 72.8 Å². The number of fused-ring (bicyclic) bond motifs is 19. The number of aryl methyl sites for hydroxylation is 2. The highest BCUT2D eigenvalue weighted by Gasteiger charge is 2.23. The standard InChI is InChI=1S/C70H40F2N2O5/c1-37-11-15-41(27-57(37)71)73(45-19-23-51-63(31-45)75-59-25-13-39-7-3-5-9-47(39)69(51)59)43-17-21-49-53-33-67-55(35-65(53)77-61(49)29-43)56-36-66-54(34-68(56)79-67)50-22-18-44(30-62(50)78-66)74(42-16-12-38(2)58(72)28-42)46-20-24-52-64(32-46)76-60-26-14-40-8-4-6-10-48(40)70(52)60/h3-36H,1-2H3. The summed E-state index contributed by atoms with van der Waals surface area (Å²) in [5.41, 5.74) is 12.9. The second-order valence-electron chi connectivity index (χ2n) is 20.8. The summed E-state index contributed by atoms with van der Waals surface area (Å²) in [5, 5.41) is 14.1. The molecule has 0 saturated carbocycles. The fourth-order valence-corrected chi connectivity index (χ4v) is 12.3. The van der Waals surface area contributed by atoms with Crippen molar-refractivity contribution in [1.29, 1.82) is 0 Å².